The monoisotopic (exact) mass is 611 g/mol. The highest BCUT2D eigenvalue weighted by atomic mass is 35.5. The van der Waals surface area contributed by atoms with E-state index in [1.165, 1.54) is 25.0 Å². The standard InChI is InChI=1S/C30H32ClF2N7OS/c31-20-11-19-24(23(33)22(20)18-5-6-21(32)26-25(18)36-28(34)42-26)37-29(38-27(19)40-12-16-3-4-17(13-40)35-16)41-15-30(7-8-30)14-39-9-1-2-10-39/h5-6,11,16-17,35H,1-4,7-10,12-15H2,(H2,34,36)/t16-,17+. The fourth-order valence-electron chi connectivity index (χ4n) is 7.03. The molecular weight excluding hydrogens is 580 g/mol. The van der Waals surface area contributed by atoms with E-state index in [0.717, 1.165) is 69.7 Å². The van der Waals surface area contributed by atoms with E-state index in [0.29, 0.717) is 35.5 Å². The molecule has 2 aromatic carbocycles. The molecule has 3 saturated heterocycles. The van der Waals surface area contributed by atoms with Crippen LogP contribution in [-0.4, -0.2) is 71.3 Å². The summed E-state index contributed by atoms with van der Waals surface area (Å²) in [5, 5.41) is 4.56. The quantitative estimate of drug-likeness (QED) is 0.278. The molecule has 1 saturated carbocycles. The Balaban J connectivity index is 1.23. The number of aromatic nitrogens is 3. The van der Waals surface area contributed by atoms with Crippen molar-refractivity contribution in [3.63, 3.8) is 0 Å². The maximum absolute atomic E-state index is 16.7. The number of ether oxygens (including phenoxy) is 1. The summed E-state index contributed by atoms with van der Waals surface area (Å²) in [7, 11) is 0. The van der Waals surface area contributed by atoms with Crippen LogP contribution in [0.25, 0.3) is 32.2 Å². The summed E-state index contributed by atoms with van der Waals surface area (Å²) in [4.78, 5) is 18.5. The van der Waals surface area contributed by atoms with Crippen LogP contribution in [0.4, 0.5) is 19.7 Å². The number of halogens is 3. The van der Waals surface area contributed by atoms with Crippen LogP contribution in [0.15, 0.2) is 18.2 Å². The number of likely N-dealkylation sites (tertiary alicyclic amines) is 1. The Bertz CT molecular complexity index is 1690. The second kappa shape index (κ2) is 10.1. The molecule has 12 heteroatoms. The molecule has 4 aliphatic rings. The zero-order chi connectivity index (χ0) is 28.6. The number of fused-ring (bicyclic) bond motifs is 4. The molecule has 8 rings (SSSR count). The third kappa shape index (κ3) is 4.65. The van der Waals surface area contributed by atoms with Crippen LogP contribution in [0.2, 0.25) is 5.02 Å². The van der Waals surface area contributed by atoms with E-state index in [1.54, 1.807) is 6.07 Å². The van der Waals surface area contributed by atoms with E-state index in [4.69, 9.17) is 27.1 Å². The number of nitrogens with two attached hydrogens (primary N) is 1. The second-order valence-corrected chi connectivity index (χ2v) is 13.9. The van der Waals surface area contributed by atoms with E-state index in [9.17, 15) is 4.39 Å². The Kier molecular flexibility index (Phi) is 6.44. The molecule has 3 aliphatic heterocycles. The summed E-state index contributed by atoms with van der Waals surface area (Å²) in [6, 6.07) is 5.40. The molecule has 0 unspecified atom stereocenters. The maximum Gasteiger partial charge on any atom is 0.319 e. The zero-order valence-electron chi connectivity index (χ0n) is 23.1. The number of nitrogens with one attached hydrogen (secondary N) is 1. The van der Waals surface area contributed by atoms with Crippen molar-refractivity contribution < 1.29 is 13.5 Å². The number of piperazine rings is 1. The van der Waals surface area contributed by atoms with Gasteiger partial charge in [0.25, 0.3) is 0 Å². The number of hydrogen-bond acceptors (Lipinski definition) is 9. The molecule has 42 heavy (non-hydrogen) atoms. The minimum atomic E-state index is -0.609. The molecule has 2 atom stereocenters. The lowest BCUT2D eigenvalue weighted by Crippen LogP contribution is -2.51. The third-order valence-electron chi connectivity index (χ3n) is 9.36. The molecule has 4 aromatic rings. The van der Waals surface area contributed by atoms with Gasteiger partial charge in [-0.1, -0.05) is 22.9 Å². The second-order valence-electron chi connectivity index (χ2n) is 12.4. The summed E-state index contributed by atoms with van der Waals surface area (Å²) < 4.78 is 37.8. The van der Waals surface area contributed by atoms with Crippen LogP contribution in [0.3, 0.4) is 0 Å². The highest BCUT2D eigenvalue weighted by Crippen LogP contribution is 2.47. The first-order valence-corrected chi connectivity index (χ1v) is 16.0. The van der Waals surface area contributed by atoms with Gasteiger partial charge in [0.1, 0.15) is 17.2 Å². The summed E-state index contributed by atoms with van der Waals surface area (Å²) in [5.74, 6) is -0.439. The van der Waals surface area contributed by atoms with Gasteiger partial charge in [0.2, 0.25) is 0 Å². The van der Waals surface area contributed by atoms with Crippen molar-refractivity contribution in [2.24, 2.45) is 5.41 Å². The summed E-state index contributed by atoms with van der Waals surface area (Å²) in [6.45, 7) is 5.32. The number of anilines is 2. The summed E-state index contributed by atoms with van der Waals surface area (Å²) in [5.41, 5.74) is 6.90. The molecule has 8 nitrogen and oxygen atoms in total. The van der Waals surface area contributed by atoms with Gasteiger partial charge in [-0.3, -0.25) is 0 Å². The number of thiazole rings is 1. The van der Waals surface area contributed by atoms with Gasteiger partial charge in [-0.15, -0.1) is 0 Å². The minimum absolute atomic E-state index is 0.102. The van der Waals surface area contributed by atoms with E-state index in [1.807, 2.05) is 0 Å². The summed E-state index contributed by atoms with van der Waals surface area (Å²) >= 11 is 7.83. The van der Waals surface area contributed by atoms with Gasteiger partial charge in [0.15, 0.2) is 10.9 Å². The average Bonchev–Trinajstić information content (AvgIpc) is 3.25. The van der Waals surface area contributed by atoms with E-state index >= 15 is 4.39 Å². The Morgan fingerprint density at radius 3 is 2.57 bits per heavy atom. The molecule has 4 fully saturated rings. The van der Waals surface area contributed by atoms with Crippen LogP contribution in [0.1, 0.15) is 38.5 Å². The van der Waals surface area contributed by atoms with Gasteiger partial charge in [-0.05, 0) is 69.8 Å². The van der Waals surface area contributed by atoms with E-state index in [-0.39, 0.29) is 42.9 Å². The highest BCUT2D eigenvalue weighted by Gasteiger charge is 2.45. The zero-order valence-corrected chi connectivity index (χ0v) is 24.7. The van der Waals surface area contributed by atoms with Crippen LogP contribution < -0.4 is 20.7 Å². The Hall–Kier alpha value is -2.86. The lowest BCUT2D eigenvalue weighted by Gasteiger charge is -2.34. The number of nitrogen functional groups attached to an aromatic ring is 1. The predicted octanol–water partition coefficient (Wildman–Crippen LogP) is 5.62. The smallest absolute Gasteiger partial charge is 0.319 e. The van der Waals surface area contributed by atoms with Gasteiger partial charge in [0, 0.05) is 53.6 Å². The first-order chi connectivity index (χ1) is 20.4. The van der Waals surface area contributed by atoms with Crippen LogP contribution in [0, 0.1) is 17.0 Å². The Morgan fingerprint density at radius 1 is 1.07 bits per heavy atom. The molecule has 2 aromatic heterocycles. The molecule has 5 heterocycles. The molecule has 1 aliphatic carbocycles. The molecule has 0 spiro atoms. The van der Waals surface area contributed by atoms with Crippen molar-refractivity contribution in [3.8, 4) is 17.1 Å². The van der Waals surface area contributed by atoms with Crippen LogP contribution in [0.5, 0.6) is 6.01 Å². The first kappa shape index (κ1) is 26.7. The highest BCUT2D eigenvalue weighted by molar-refractivity contribution is 7.22. The van der Waals surface area contributed by atoms with Gasteiger partial charge in [-0.2, -0.15) is 9.97 Å². The molecule has 0 radical (unpaired) electrons. The molecule has 220 valence electrons. The van der Waals surface area contributed by atoms with Crippen molar-refractivity contribution in [2.75, 3.05) is 50.0 Å². The van der Waals surface area contributed by atoms with E-state index < -0.39 is 11.6 Å². The number of rotatable bonds is 7. The minimum Gasteiger partial charge on any atom is -0.463 e. The predicted molar refractivity (Wildman–Crippen MR) is 162 cm³/mol. The van der Waals surface area contributed by atoms with Gasteiger partial charge >= 0.3 is 6.01 Å². The SMILES string of the molecule is Nc1nc2c(-c3c(Cl)cc4c(N5C[C@H]6CC[C@@H](C5)N6)nc(OCC5(CN6CCCC6)CC5)nc4c3F)ccc(F)c2s1. The first-order valence-electron chi connectivity index (χ1n) is 14.8. The van der Waals surface area contributed by atoms with Crippen molar-refractivity contribution in [1.29, 1.82) is 0 Å². The number of nitrogens with zero attached hydrogens (tertiary/aromatic N) is 5. The normalized spacial score (nSPS) is 23.4. The van der Waals surface area contributed by atoms with Gasteiger partial charge in [0.05, 0.1) is 21.8 Å². The topological polar surface area (TPSA) is 92.4 Å². The number of benzene rings is 2. The molecule has 2 bridgehead atoms. The molecular formula is C30H32ClF2N7OS. The van der Waals surface area contributed by atoms with Crippen molar-refractivity contribution in [1.82, 2.24) is 25.2 Å². The van der Waals surface area contributed by atoms with Crippen molar-refractivity contribution >= 4 is 55.0 Å². The van der Waals surface area contributed by atoms with Crippen LogP contribution in [-0.2, 0) is 0 Å². The Morgan fingerprint density at radius 2 is 1.83 bits per heavy atom. The molecule has 3 N–H and O–H groups in total. The lowest BCUT2D eigenvalue weighted by molar-refractivity contribution is 0.170. The largest absolute Gasteiger partial charge is 0.463 e. The van der Waals surface area contributed by atoms with E-state index in [2.05, 4.69) is 25.1 Å². The average molecular weight is 612 g/mol. The Labute approximate surface area is 251 Å². The summed E-state index contributed by atoms with van der Waals surface area (Å²) in [6.07, 6.45) is 6.91. The molecule has 0 amide bonds. The fourth-order valence-corrected chi connectivity index (χ4v) is 8.09. The fraction of sp³-hybridized carbons (Fsp3) is 0.500. The van der Waals surface area contributed by atoms with Gasteiger partial charge in [-0.25, -0.2) is 13.8 Å². The maximum atomic E-state index is 16.7. The van der Waals surface area contributed by atoms with Crippen LogP contribution >= 0.6 is 22.9 Å². The van der Waals surface area contributed by atoms with Crippen molar-refractivity contribution in [3.05, 3.63) is 34.9 Å². The number of hydrogen-bond donors (Lipinski definition) is 2. The third-order valence-corrected chi connectivity index (χ3v) is 10.6. The van der Waals surface area contributed by atoms with Gasteiger partial charge < -0.3 is 25.6 Å². The lowest BCUT2D eigenvalue weighted by atomic mass is 10.0. The van der Waals surface area contributed by atoms with Crippen molar-refractivity contribution in [2.45, 2.75) is 50.6 Å².